The Balaban J connectivity index is 2.04. The van der Waals surface area contributed by atoms with Crippen molar-refractivity contribution in [1.29, 1.82) is 0 Å². The van der Waals surface area contributed by atoms with Crippen molar-refractivity contribution in [1.82, 2.24) is 4.98 Å². The van der Waals surface area contributed by atoms with E-state index in [0.717, 1.165) is 31.2 Å². The van der Waals surface area contributed by atoms with Gasteiger partial charge in [0.25, 0.3) is 0 Å². The van der Waals surface area contributed by atoms with Crippen LogP contribution in [0.25, 0.3) is 0 Å². The van der Waals surface area contributed by atoms with E-state index in [1.807, 2.05) is 12.1 Å². The van der Waals surface area contributed by atoms with E-state index in [9.17, 15) is 0 Å². The van der Waals surface area contributed by atoms with E-state index in [1.54, 1.807) is 13.3 Å². The molecule has 0 amide bonds. The van der Waals surface area contributed by atoms with Crippen LogP contribution in [0.15, 0.2) is 18.3 Å². The van der Waals surface area contributed by atoms with Gasteiger partial charge in [-0.2, -0.15) is 0 Å². The maximum absolute atomic E-state index is 5.65. The predicted molar refractivity (Wildman–Crippen MR) is 60.2 cm³/mol. The van der Waals surface area contributed by atoms with Crippen LogP contribution in [0.3, 0.4) is 0 Å². The largest absolute Gasteiger partial charge is 0.495 e. The molecule has 2 heterocycles. The first-order valence-corrected chi connectivity index (χ1v) is 5.28. The molecule has 2 rings (SSSR count). The minimum atomic E-state index is 0.619. The smallest absolute Gasteiger partial charge is 0.137 e. The van der Waals surface area contributed by atoms with E-state index in [-0.39, 0.29) is 0 Å². The summed E-state index contributed by atoms with van der Waals surface area (Å²) in [4.78, 5) is 6.64. The lowest BCUT2D eigenvalue weighted by atomic mass is 10.1. The van der Waals surface area contributed by atoms with Crippen LogP contribution in [0.2, 0.25) is 0 Å². The third-order valence-electron chi connectivity index (χ3n) is 2.90. The van der Waals surface area contributed by atoms with Crippen LogP contribution in [0.1, 0.15) is 6.42 Å². The lowest BCUT2D eigenvalue weighted by Crippen LogP contribution is -2.23. The zero-order chi connectivity index (χ0) is 10.7. The average Bonchev–Trinajstić information content (AvgIpc) is 2.78. The van der Waals surface area contributed by atoms with Crippen molar-refractivity contribution in [3.8, 4) is 5.75 Å². The fourth-order valence-corrected chi connectivity index (χ4v) is 1.91. The molecule has 0 bridgehead atoms. The van der Waals surface area contributed by atoms with Crippen LogP contribution >= 0.6 is 0 Å². The number of aromatic nitrogens is 1. The minimum Gasteiger partial charge on any atom is -0.495 e. The number of anilines is 1. The fraction of sp³-hybridized carbons (Fsp3) is 0.545. The van der Waals surface area contributed by atoms with Gasteiger partial charge in [0.05, 0.1) is 13.3 Å². The molecule has 1 aromatic rings. The van der Waals surface area contributed by atoms with E-state index >= 15 is 0 Å². The second kappa shape index (κ2) is 4.49. The monoisotopic (exact) mass is 207 g/mol. The number of hydrogen-bond donors (Lipinski definition) is 1. The number of hydrogen-bond acceptors (Lipinski definition) is 4. The topological polar surface area (TPSA) is 51.4 Å². The summed E-state index contributed by atoms with van der Waals surface area (Å²) in [5.41, 5.74) is 5.65. The standard InChI is InChI=1S/C11H17N3O/c1-15-10-2-3-11(13-7-10)14-5-4-9(6-12)8-14/h2-3,7,9H,4-6,8,12H2,1H3. The van der Waals surface area contributed by atoms with Crippen molar-refractivity contribution < 1.29 is 4.74 Å². The summed E-state index contributed by atoms with van der Waals surface area (Å²) in [7, 11) is 1.65. The van der Waals surface area contributed by atoms with Gasteiger partial charge in [0.2, 0.25) is 0 Å². The van der Waals surface area contributed by atoms with Gasteiger partial charge < -0.3 is 15.4 Å². The summed E-state index contributed by atoms with van der Waals surface area (Å²) in [6.45, 7) is 2.85. The average molecular weight is 207 g/mol. The molecular weight excluding hydrogens is 190 g/mol. The molecule has 4 nitrogen and oxygen atoms in total. The van der Waals surface area contributed by atoms with Crippen molar-refractivity contribution in [2.45, 2.75) is 6.42 Å². The highest BCUT2D eigenvalue weighted by molar-refractivity contribution is 5.41. The molecular formula is C11H17N3O. The van der Waals surface area contributed by atoms with Crippen molar-refractivity contribution in [3.05, 3.63) is 18.3 Å². The molecule has 1 aliphatic heterocycles. The van der Waals surface area contributed by atoms with Crippen LogP contribution < -0.4 is 15.4 Å². The molecule has 15 heavy (non-hydrogen) atoms. The summed E-state index contributed by atoms with van der Waals surface area (Å²) in [6, 6.07) is 3.94. The Hall–Kier alpha value is -1.29. The van der Waals surface area contributed by atoms with Gasteiger partial charge in [0, 0.05) is 13.1 Å². The molecule has 1 aliphatic rings. The maximum Gasteiger partial charge on any atom is 0.137 e. The summed E-state index contributed by atoms with van der Waals surface area (Å²) in [6.07, 6.45) is 2.93. The Morgan fingerprint density at radius 2 is 2.47 bits per heavy atom. The first kappa shape index (κ1) is 10.2. The molecule has 0 aliphatic carbocycles. The minimum absolute atomic E-state index is 0.619. The highest BCUT2D eigenvalue weighted by atomic mass is 16.5. The number of nitrogens with zero attached hydrogens (tertiary/aromatic N) is 2. The number of pyridine rings is 1. The van der Waals surface area contributed by atoms with Crippen LogP contribution in [-0.4, -0.2) is 31.7 Å². The normalized spacial score (nSPS) is 20.7. The lowest BCUT2D eigenvalue weighted by Gasteiger charge is -2.17. The number of methoxy groups -OCH3 is 1. The molecule has 4 heteroatoms. The molecule has 0 radical (unpaired) electrons. The van der Waals surface area contributed by atoms with Gasteiger partial charge >= 0.3 is 0 Å². The van der Waals surface area contributed by atoms with Crippen LogP contribution in [0.4, 0.5) is 5.82 Å². The molecule has 0 spiro atoms. The van der Waals surface area contributed by atoms with E-state index in [0.29, 0.717) is 5.92 Å². The summed E-state index contributed by atoms with van der Waals surface area (Å²) in [5.74, 6) is 2.44. The Morgan fingerprint density at radius 3 is 3.00 bits per heavy atom. The van der Waals surface area contributed by atoms with Gasteiger partial charge in [0.1, 0.15) is 11.6 Å². The van der Waals surface area contributed by atoms with Crippen LogP contribution in [-0.2, 0) is 0 Å². The SMILES string of the molecule is COc1ccc(N2CCC(CN)C2)nc1. The number of nitrogens with two attached hydrogens (primary N) is 1. The first-order valence-electron chi connectivity index (χ1n) is 5.28. The van der Waals surface area contributed by atoms with Crippen molar-refractivity contribution >= 4 is 5.82 Å². The summed E-state index contributed by atoms with van der Waals surface area (Å²) in [5, 5.41) is 0. The zero-order valence-electron chi connectivity index (χ0n) is 9.02. The number of rotatable bonds is 3. The Bertz CT molecular complexity index is 312. The third-order valence-corrected chi connectivity index (χ3v) is 2.90. The Morgan fingerprint density at radius 1 is 1.60 bits per heavy atom. The van der Waals surface area contributed by atoms with E-state index in [2.05, 4.69) is 9.88 Å². The third kappa shape index (κ3) is 2.21. The quantitative estimate of drug-likeness (QED) is 0.799. The van der Waals surface area contributed by atoms with Crippen molar-refractivity contribution in [2.75, 3.05) is 31.6 Å². The molecule has 1 fully saturated rings. The highest BCUT2D eigenvalue weighted by Crippen LogP contribution is 2.22. The molecule has 1 atom stereocenters. The molecule has 0 saturated carbocycles. The van der Waals surface area contributed by atoms with Crippen molar-refractivity contribution in [2.24, 2.45) is 11.7 Å². The molecule has 1 saturated heterocycles. The van der Waals surface area contributed by atoms with Gasteiger partial charge in [-0.05, 0) is 31.0 Å². The Kier molecular flexibility index (Phi) is 3.06. The van der Waals surface area contributed by atoms with Crippen LogP contribution in [0, 0.1) is 5.92 Å². The lowest BCUT2D eigenvalue weighted by molar-refractivity contribution is 0.413. The summed E-state index contributed by atoms with van der Waals surface area (Å²) >= 11 is 0. The first-order chi connectivity index (χ1) is 7.33. The van der Waals surface area contributed by atoms with Crippen molar-refractivity contribution in [3.63, 3.8) is 0 Å². The van der Waals surface area contributed by atoms with Gasteiger partial charge in [-0.15, -0.1) is 0 Å². The van der Waals surface area contributed by atoms with E-state index in [1.165, 1.54) is 6.42 Å². The van der Waals surface area contributed by atoms with Gasteiger partial charge in [-0.1, -0.05) is 0 Å². The van der Waals surface area contributed by atoms with Gasteiger partial charge in [-0.3, -0.25) is 0 Å². The molecule has 0 aromatic carbocycles. The zero-order valence-corrected chi connectivity index (χ0v) is 9.02. The van der Waals surface area contributed by atoms with Gasteiger partial charge in [0.15, 0.2) is 0 Å². The summed E-state index contributed by atoms with van der Waals surface area (Å²) < 4.78 is 5.07. The maximum atomic E-state index is 5.65. The highest BCUT2D eigenvalue weighted by Gasteiger charge is 2.21. The molecule has 2 N–H and O–H groups in total. The van der Waals surface area contributed by atoms with E-state index < -0.39 is 0 Å². The second-order valence-corrected chi connectivity index (χ2v) is 3.89. The van der Waals surface area contributed by atoms with E-state index in [4.69, 9.17) is 10.5 Å². The van der Waals surface area contributed by atoms with Gasteiger partial charge in [-0.25, -0.2) is 4.98 Å². The number of ether oxygens (including phenoxy) is 1. The Labute approximate surface area is 90.0 Å². The molecule has 1 aromatic heterocycles. The van der Waals surface area contributed by atoms with Crippen LogP contribution in [0.5, 0.6) is 5.75 Å². The second-order valence-electron chi connectivity index (χ2n) is 3.89. The molecule has 1 unspecified atom stereocenters. The fourth-order valence-electron chi connectivity index (χ4n) is 1.91. The predicted octanol–water partition coefficient (Wildman–Crippen LogP) is 0.875. The molecule has 82 valence electrons.